The number of halogens is 1. The van der Waals surface area contributed by atoms with Crippen LogP contribution in [-0.4, -0.2) is 25.7 Å². The lowest BCUT2D eigenvalue weighted by atomic mass is 10.2. The summed E-state index contributed by atoms with van der Waals surface area (Å²) < 4.78 is 1.78. The Morgan fingerprint density at radius 1 is 1.41 bits per heavy atom. The number of aromatic amines is 1. The Labute approximate surface area is 131 Å². The number of carbonyl (C=O) groups is 1. The van der Waals surface area contributed by atoms with Crippen molar-refractivity contribution in [3.8, 4) is 0 Å². The van der Waals surface area contributed by atoms with E-state index in [0.717, 1.165) is 41.6 Å². The summed E-state index contributed by atoms with van der Waals surface area (Å²) in [6, 6.07) is 5.50. The average Bonchev–Trinajstić information content (AvgIpc) is 3.14. The van der Waals surface area contributed by atoms with E-state index >= 15 is 0 Å². The van der Waals surface area contributed by atoms with Gasteiger partial charge in [0, 0.05) is 18.3 Å². The van der Waals surface area contributed by atoms with Gasteiger partial charge in [0.05, 0.1) is 16.1 Å². The molecule has 0 atom stereocenters. The highest BCUT2D eigenvalue weighted by Crippen LogP contribution is 2.27. The molecule has 22 heavy (non-hydrogen) atoms. The monoisotopic (exact) mass is 315 g/mol. The van der Waals surface area contributed by atoms with Gasteiger partial charge in [0.15, 0.2) is 5.69 Å². The van der Waals surface area contributed by atoms with Crippen molar-refractivity contribution in [2.75, 3.05) is 5.32 Å². The molecular weight excluding hydrogens is 302 g/mol. The number of nitrogens with one attached hydrogen (secondary N) is 2. The molecule has 0 radical (unpaired) electrons. The van der Waals surface area contributed by atoms with Gasteiger partial charge in [0.1, 0.15) is 0 Å². The maximum atomic E-state index is 12.5. The predicted molar refractivity (Wildman–Crippen MR) is 84.3 cm³/mol. The van der Waals surface area contributed by atoms with Crippen molar-refractivity contribution in [2.24, 2.45) is 7.05 Å². The highest BCUT2D eigenvalue weighted by atomic mass is 35.5. The topological polar surface area (TPSA) is 75.6 Å². The maximum Gasteiger partial charge on any atom is 0.278 e. The predicted octanol–water partition coefficient (Wildman–Crippen LogP) is 2.69. The van der Waals surface area contributed by atoms with Crippen LogP contribution in [-0.2, 0) is 19.9 Å². The molecule has 7 heteroatoms. The number of anilines is 1. The maximum absolute atomic E-state index is 12.5. The largest absolute Gasteiger partial charge is 0.312 e. The second kappa shape index (κ2) is 4.84. The van der Waals surface area contributed by atoms with Crippen molar-refractivity contribution in [3.63, 3.8) is 0 Å². The summed E-state index contributed by atoms with van der Waals surface area (Å²) in [6.07, 6.45) is 2.91. The van der Waals surface area contributed by atoms with Crippen LogP contribution >= 0.6 is 11.6 Å². The number of nitrogens with zero attached hydrogens (tertiary/aromatic N) is 3. The van der Waals surface area contributed by atoms with E-state index in [0.29, 0.717) is 16.7 Å². The molecule has 0 spiro atoms. The standard InChI is InChI=1S/C15H14ClN5O/c1-21-13-9(16)5-3-7-11(13)17-15(21)18-14(22)12-8-4-2-6-10(8)19-20-12/h3,5,7H,2,4,6H2,1H3,(H,19,20)(H,17,18,22). The van der Waals surface area contributed by atoms with E-state index in [1.54, 1.807) is 10.6 Å². The van der Waals surface area contributed by atoms with Crippen LogP contribution in [0.1, 0.15) is 28.2 Å². The quantitative estimate of drug-likeness (QED) is 0.763. The second-order valence-electron chi connectivity index (χ2n) is 5.44. The minimum absolute atomic E-state index is 0.242. The minimum Gasteiger partial charge on any atom is -0.312 e. The third-order valence-electron chi connectivity index (χ3n) is 4.09. The van der Waals surface area contributed by atoms with Crippen LogP contribution in [0.15, 0.2) is 18.2 Å². The first kappa shape index (κ1) is 13.3. The summed E-state index contributed by atoms with van der Waals surface area (Å²) in [6.45, 7) is 0. The molecule has 1 aliphatic rings. The van der Waals surface area contributed by atoms with E-state index in [-0.39, 0.29) is 5.91 Å². The first-order valence-electron chi connectivity index (χ1n) is 7.13. The van der Waals surface area contributed by atoms with Gasteiger partial charge in [0.2, 0.25) is 5.95 Å². The number of hydrogen-bond acceptors (Lipinski definition) is 3. The molecule has 4 rings (SSSR count). The number of aromatic nitrogens is 4. The average molecular weight is 316 g/mol. The van der Waals surface area contributed by atoms with Crippen LogP contribution < -0.4 is 5.32 Å². The normalized spacial score (nSPS) is 13.5. The molecule has 1 amide bonds. The van der Waals surface area contributed by atoms with E-state index in [4.69, 9.17) is 11.6 Å². The van der Waals surface area contributed by atoms with Gasteiger partial charge in [-0.2, -0.15) is 5.10 Å². The van der Waals surface area contributed by atoms with E-state index in [2.05, 4.69) is 20.5 Å². The van der Waals surface area contributed by atoms with Crippen LogP contribution in [0.2, 0.25) is 5.02 Å². The van der Waals surface area contributed by atoms with Crippen LogP contribution in [0.5, 0.6) is 0 Å². The molecule has 0 saturated carbocycles. The van der Waals surface area contributed by atoms with Gasteiger partial charge in [-0.1, -0.05) is 17.7 Å². The Balaban J connectivity index is 1.70. The molecular formula is C15H14ClN5O. The lowest BCUT2D eigenvalue weighted by Crippen LogP contribution is -2.17. The summed E-state index contributed by atoms with van der Waals surface area (Å²) in [5.41, 5.74) is 4.10. The van der Waals surface area contributed by atoms with E-state index in [1.807, 2.05) is 19.2 Å². The number of benzene rings is 1. The van der Waals surface area contributed by atoms with E-state index < -0.39 is 0 Å². The van der Waals surface area contributed by atoms with Crippen LogP contribution in [0.4, 0.5) is 5.95 Å². The number of carbonyl (C=O) groups excluding carboxylic acids is 1. The van der Waals surface area contributed by atoms with E-state index in [1.165, 1.54) is 0 Å². The first-order chi connectivity index (χ1) is 10.6. The number of imidazole rings is 1. The molecule has 0 unspecified atom stereocenters. The van der Waals surface area contributed by atoms with Gasteiger partial charge >= 0.3 is 0 Å². The lowest BCUT2D eigenvalue weighted by molar-refractivity contribution is 0.102. The Morgan fingerprint density at radius 3 is 3.09 bits per heavy atom. The minimum atomic E-state index is -0.242. The molecule has 2 aromatic heterocycles. The molecule has 0 bridgehead atoms. The van der Waals surface area contributed by atoms with Gasteiger partial charge in [0.25, 0.3) is 5.91 Å². The van der Waals surface area contributed by atoms with Gasteiger partial charge in [-0.3, -0.25) is 15.2 Å². The molecule has 112 valence electrons. The fourth-order valence-electron chi connectivity index (χ4n) is 3.00. The van der Waals surface area contributed by atoms with Crippen molar-refractivity contribution in [1.82, 2.24) is 19.7 Å². The molecule has 1 aliphatic carbocycles. The Hall–Kier alpha value is -2.34. The molecule has 2 heterocycles. The summed E-state index contributed by atoms with van der Waals surface area (Å²) in [7, 11) is 1.83. The zero-order valence-corrected chi connectivity index (χ0v) is 12.7. The van der Waals surface area contributed by atoms with Crippen LogP contribution in [0.3, 0.4) is 0 Å². The van der Waals surface area contributed by atoms with Crippen molar-refractivity contribution in [1.29, 1.82) is 0 Å². The highest BCUT2D eigenvalue weighted by Gasteiger charge is 2.24. The van der Waals surface area contributed by atoms with Gasteiger partial charge in [-0.25, -0.2) is 4.98 Å². The van der Waals surface area contributed by atoms with Crippen LogP contribution in [0, 0.1) is 0 Å². The fraction of sp³-hybridized carbons (Fsp3) is 0.267. The Bertz CT molecular complexity index is 895. The van der Waals surface area contributed by atoms with Crippen molar-refractivity contribution >= 4 is 34.5 Å². The first-order valence-corrected chi connectivity index (χ1v) is 7.51. The second-order valence-corrected chi connectivity index (χ2v) is 5.85. The number of para-hydroxylation sites is 1. The number of rotatable bonds is 2. The number of fused-ring (bicyclic) bond motifs is 2. The zero-order valence-electron chi connectivity index (χ0n) is 12.0. The lowest BCUT2D eigenvalue weighted by Gasteiger charge is -2.04. The van der Waals surface area contributed by atoms with Crippen molar-refractivity contribution < 1.29 is 4.79 Å². The third kappa shape index (κ3) is 1.91. The van der Waals surface area contributed by atoms with E-state index in [9.17, 15) is 4.79 Å². The number of hydrogen-bond donors (Lipinski definition) is 2. The summed E-state index contributed by atoms with van der Waals surface area (Å²) in [4.78, 5) is 16.9. The molecule has 3 aromatic rings. The molecule has 0 fully saturated rings. The molecule has 0 aliphatic heterocycles. The number of H-pyrrole nitrogens is 1. The third-order valence-corrected chi connectivity index (χ3v) is 4.40. The van der Waals surface area contributed by atoms with Crippen molar-refractivity contribution in [3.05, 3.63) is 40.2 Å². The van der Waals surface area contributed by atoms with Crippen LogP contribution in [0.25, 0.3) is 11.0 Å². The Morgan fingerprint density at radius 2 is 2.27 bits per heavy atom. The Kier molecular flexibility index (Phi) is 2.94. The highest BCUT2D eigenvalue weighted by molar-refractivity contribution is 6.35. The molecule has 2 N–H and O–H groups in total. The summed E-state index contributed by atoms with van der Waals surface area (Å²) >= 11 is 6.20. The van der Waals surface area contributed by atoms with Gasteiger partial charge in [-0.15, -0.1) is 0 Å². The SMILES string of the molecule is Cn1c(NC(=O)c2n[nH]c3c2CCC3)nc2cccc(Cl)c21. The number of aryl methyl sites for hydroxylation is 2. The smallest absolute Gasteiger partial charge is 0.278 e. The number of amides is 1. The van der Waals surface area contributed by atoms with Gasteiger partial charge < -0.3 is 4.57 Å². The zero-order chi connectivity index (χ0) is 15.3. The fourth-order valence-corrected chi connectivity index (χ4v) is 3.30. The summed E-state index contributed by atoms with van der Waals surface area (Å²) in [5.74, 6) is 0.219. The van der Waals surface area contributed by atoms with Crippen molar-refractivity contribution in [2.45, 2.75) is 19.3 Å². The summed E-state index contributed by atoms with van der Waals surface area (Å²) in [5, 5.41) is 10.5. The molecule has 6 nitrogen and oxygen atoms in total. The molecule has 0 saturated heterocycles. The molecule has 1 aromatic carbocycles. The van der Waals surface area contributed by atoms with Gasteiger partial charge in [-0.05, 0) is 31.4 Å².